The first kappa shape index (κ1) is 76.6. The molecule has 1 atom stereocenters. The second-order valence-corrected chi connectivity index (χ2v) is 24.1. The van der Waals surface area contributed by atoms with Gasteiger partial charge in [0.25, 0.3) is 0 Å². The summed E-state index contributed by atoms with van der Waals surface area (Å²) in [6.45, 7) is 6.69. The van der Waals surface area contributed by atoms with Gasteiger partial charge in [-0.2, -0.15) is 0 Å². The van der Waals surface area contributed by atoms with E-state index in [9.17, 15) is 14.4 Å². The fraction of sp³-hybridized carbons (Fsp3) is 0.877. The van der Waals surface area contributed by atoms with E-state index in [0.29, 0.717) is 19.3 Å². The number of allylic oxidation sites excluding steroid dienone is 6. The summed E-state index contributed by atoms with van der Waals surface area (Å²) in [5, 5.41) is 0. The van der Waals surface area contributed by atoms with E-state index in [2.05, 4.69) is 57.2 Å². The van der Waals surface area contributed by atoms with Crippen LogP contribution < -0.4 is 0 Å². The smallest absolute Gasteiger partial charge is 0.306 e. The van der Waals surface area contributed by atoms with Gasteiger partial charge in [-0.1, -0.05) is 333 Å². The lowest BCUT2D eigenvalue weighted by atomic mass is 10.0. The van der Waals surface area contributed by atoms with E-state index in [1.807, 2.05) is 0 Å². The minimum atomic E-state index is -0.778. The van der Waals surface area contributed by atoms with Crippen molar-refractivity contribution in [3.05, 3.63) is 36.5 Å². The summed E-state index contributed by atoms with van der Waals surface area (Å²) in [6, 6.07) is 0. The van der Waals surface area contributed by atoms with Crippen LogP contribution in [0, 0.1) is 0 Å². The highest BCUT2D eigenvalue weighted by Gasteiger charge is 2.19. The van der Waals surface area contributed by atoms with Gasteiger partial charge in [0.2, 0.25) is 0 Å². The van der Waals surface area contributed by atoms with Crippen LogP contribution in [0.15, 0.2) is 36.5 Å². The van der Waals surface area contributed by atoms with Gasteiger partial charge in [0.15, 0.2) is 6.10 Å². The van der Waals surface area contributed by atoms with Gasteiger partial charge in [0.1, 0.15) is 13.2 Å². The molecular weight excluding hydrogens is 973 g/mol. The quantitative estimate of drug-likeness (QED) is 0.0261. The molecule has 0 N–H and O–H groups in total. The molecule has 6 nitrogen and oxygen atoms in total. The van der Waals surface area contributed by atoms with Crippen molar-refractivity contribution in [1.82, 2.24) is 0 Å². The van der Waals surface area contributed by atoms with Crippen LogP contribution in [0.2, 0.25) is 0 Å². The lowest BCUT2D eigenvalue weighted by molar-refractivity contribution is -0.167. The van der Waals surface area contributed by atoms with Gasteiger partial charge >= 0.3 is 17.9 Å². The number of ether oxygens (including phenoxy) is 3. The maximum Gasteiger partial charge on any atom is 0.306 e. The molecule has 6 heteroatoms. The SMILES string of the molecule is CCCCCC/C=C\C/C=C\CCCCCCCC(=O)OCC(COC(=O)CCCCCCCCCCCCCCCCCCCCCCCCCC)OC(=O)CCCCCCCCCCC/C=C\CCCCCCCCCC. The Morgan fingerprint density at radius 1 is 0.253 bits per heavy atom. The molecule has 0 aromatic carbocycles. The zero-order valence-corrected chi connectivity index (χ0v) is 53.4. The Kier molecular flexibility index (Phi) is 66.1. The fourth-order valence-electron chi connectivity index (χ4n) is 10.8. The number of carbonyl (C=O) groups is 3. The highest BCUT2D eigenvalue weighted by atomic mass is 16.6. The van der Waals surface area contributed by atoms with Crippen molar-refractivity contribution < 1.29 is 28.6 Å². The van der Waals surface area contributed by atoms with Crippen LogP contribution in [0.5, 0.6) is 0 Å². The van der Waals surface area contributed by atoms with E-state index < -0.39 is 6.10 Å². The molecule has 0 fully saturated rings. The van der Waals surface area contributed by atoms with E-state index in [0.717, 1.165) is 77.0 Å². The predicted molar refractivity (Wildman–Crippen MR) is 344 cm³/mol. The van der Waals surface area contributed by atoms with Gasteiger partial charge in [-0.15, -0.1) is 0 Å². The second kappa shape index (κ2) is 68.1. The third-order valence-corrected chi connectivity index (χ3v) is 16.1. The van der Waals surface area contributed by atoms with Crippen molar-refractivity contribution in [3.63, 3.8) is 0 Å². The summed E-state index contributed by atoms with van der Waals surface area (Å²) < 4.78 is 17.0. The maximum absolute atomic E-state index is 13.0. The van der Waals surface area contributed by atoms with E-state index in [1.54, 1.807) is 0 Å². The van der Waals surface area contributed by atoms with Crippen molar-refractivity contribution in [2.45, 2.75) is 399 Å². The summed E-state index contributed by atoms with van der Waals surface area (Å²) in [7, 11) is 0. The molecule has 0 spiro atoms. The van der Waals surface area contributed by atoms with E-state index in [-0.39, 0.29) is 31.1 Å². The first-order chi connectivity index (χ1) is 39.0. The van der Waals surface area contributed by atoms with Gasteiger partial charge in [-0.25, -0.2) is 0 Å². The minimum absolute atomic E-state index is 0.0728. The average molecular weight is 1110 g/mol. The molecule has 0 saturated carbocycles. The Morgan fingerprint density at radius 3 is 0.722 bits per heavy atom. The largest absolute Gasteiger partial charge is 0.462 e. The molecule has 0 rings (SSSR count). The number of hydrogen-bond acceptors (Lipinski definition) is 6. The molecule has 0 saturated heterocycles. The van der Waals surface area contributed by atoms with Crippen molar-refractivity contribution >= 4 is 17.9 Å². The Bertz CT molecular complexity index is 1320. The predicted octanol–water partition coefficient (Wildman–Crippen LogP) is 24.3. The molecule has 0 heterocycles. The molecule has 0 aromatic heterocycles. The molecule has 464 valence electrons. The molecule has 0 amide bonds. The third kappa shape index (κ3) is 66.3. The van der Waals surface area contributed by atoms with Gasteiger partial charge < -0.3 is 14.2 Å². The minimum Gasteiger partial charge on any atom is -0.462 e. The molecule has 0 radical (unpaired) electrons. The Balaban J connectivity index is 4.29. The second-order valence-electron chi connectivity index (χ2n) is 24.1. The van der Waals surface area contributed by atoms with Crippen LogP contribution in [-0.4, -0.2) is 37.2 Å². The zero-order chi connectivity index (χ0) is 57.1. The summed E-state index contributed by atoms with van der Waals surface area (Å²) >= 11 is 0. The highest BCUT2D eigenvalue weighted by Crippen LogP contribution is 2.18. The molecule has 79 heavy (non-hydrogen) atoms. The van der Waals surface area contributed by atoms with Crippen molar-refractivity contribution in [3.8, 4) is 0 Å². The molecule has 0 bridgehead atoms. The summed E-state index contributed by atoms with van der Waals surface area (Å²) in [5.74, 6) is -0.860. The topological polar surface area (TPSA) is 78.9 Å². The molecule has 1 unspecified atom stereocenters. The van der Waals surface area contributed by atoms with Gasteiger partial charge in [-0.3, -0.25) is 14.4 Å². The molecule has 0 aliphatic carbocycles. The fourth-order valence-corrected chi connectivity index (χ4v) is 10.8. The molecule has 0 aliphatic heterocycles. The monoisotopic (exact) mass is 1110 g/mol. The van der Waals surface area contributed by atoms with Crippen LogP contribution in [0.3, 0.4) is 0 Å². The van der Waals surface area contributed by atoms with Gasteiger partial charge in [-0.05, 0) is 77.0 Å². The normalized spacial score (nSPS) is 12.2. The van der Waals surface area contributed by atoms with E-state index in [4.69, 9.17) is 14.2 Å². The number of carbonyl (C=O) groups excluding carboxylic acids is 3. The molecule has 0 aliphatic rings. The van der Waals surface area contributed by atoms with Gasteiger partial charge in [0.05, 0.1) is 0 Å². The molecule has 0 aromatic rings. The van der Waals surface area contributed by atoms with Crippen LogP contribution in [0.25, 0.3) is 0 Å². The Morgan fingerprint density at radius 2 is 0.456 bits per heavy atom. The first-order valence-electron chi connectivity index (χ1n) is 35.5. The number of unbranched alkanes of at least 4 members (excludes halogenated alkanes) is 49. The van der Waals surface area contributed by atoms with Crippen molar-refractivity contribution in [2.24, 2.45) is 0 Å². The first-order valence-corrected chi connectivity index (χ1v) is 35.5. The van der Waals surface area contributed by atoms with Crippen LogP contribution in [0.4, 0.5) is 0 Å². The average Bonchev–Trinajstić information content (AvgIpc) is 3.45. The van der Waals surface area contributed by atoms with E-state index in [1.165, 1.54) is 276 Å². The lowest BCUT2D eigenvalue weighted by Gasteiger charge is -2.18. The third-order valence-electron chi connectivity index (χ3n) is 16.1. The number of esters is 3. The van der Waals surface area contributed by atoms with Crippen LogP contribution in [-0.2, 0) is 28.6 Å². The maximum atomic E-state index is 13.0. The summed E-state index contributed by atoms with van der Waals surface area (Å²) in [6.07, 6.45) is 84.6. The number of rotatable bonds is 66. The molecular formula is C73H136O6. The van der Waals surface area contributed by atoms with Crippen molar-refractivity contribution in [1.29, 1.82) is 0 Å². The zero-order valence-electron chi connectivity index (χ0n) is 53.4. The van der Waals surface area contributed by atoms with Crippen molar-refractivity contribution in [2.75, 3.05) is 13.2 Å². The van der Waals surface area contributed by atoms with E-state index >= 15 is 0 Å². The number of hydrogen-bond donors (Lipinski definition) is 0. The van der Waals surface area contributed by atoms with Crippen LogP contribution in [0.1, 0.15) is 393 Å². The highest BCUT2D eigenvalue weighted by molar-refractivity contribution is 5.71. The standard InChI is InChI=1S/C73H136O6/c1-4-7-10-13-16-19-22-25-28-31-33-35-36-37-39-40-42-45-48-51-54-57-60-63-66-72(75)78-69-70(68-77-71(74)65-62-59-56-53-50-47-44-30-27-24-21-18-15-12-9-6-3)79-73(76)67-64-61-58-55-52-49-46-43-41-38-34-32-29-26-23-20-17-14-11-8-5-2/h21,24,30,32,34,44,70H,4-20,22-23,25-29,31,33,35-43,45-69H2,1-3H3/b24-21-,34-32-,44-30-. The Hall–Kier alpha value is -2.37. The summed E-state index contributed by atoms with van der Waals surface area (Å²) in [4.78, 5) is 38.5. The Labute approximate surface area is 493 Å². The summed E-state index contributed by atoms with van der Waals surface area (Å²) in [5.41, 5.74) is 0. The van der Waals surface area contributed by atoms with Gasteiger partial charge in [0, 0.05) is 19.3 Å². The lowest BCUT2D eigenvalue weighted by Crippen LogP contribution is -2.30. The van der Waals surface area contributed by atoms with Crippen LogP contribution >= 0.6 is 0 Å².